The van der Waals surface area contributed by atoms with Crippen molar-refractivity contribution in [3.8, 4) is 0 Å². The maximum Gasteiger partial charge on any atom is 0.373 e. The SMILES string of the molecule is Cc1cc(S(C)(=O)=O)nc(C(=O)O)n1. The molecule has 1 rings (SSSR count). The molecule has 1 aromatic heterocycles. The molecule has 0 amide bonds. The van der Waals surface area contributed by atoms with E-state index in [1.807, 2.05) is 0 Å². The van der Waals surface area contributed by atoms with E-state index in [2.05, 4.69) is 9.97 Å². The summed E-state index contributed by atoms with van der Waals surface area (Å²) in [6.45, 7) is 1.50. The topological polar surface area (TPSA) is 97.2 Å². The summed E-state index contributed by atoms with van der Waals surface area (Å²) < 4.78 is 22.2. The fourth-order valence-electron chi connectivity index (χ4n) is 0.825. The minimum absolute atomic E-state index is 0.276. The number of nitrogens with zero attached hydrogens (tertiary/aromatic N) is 2. The quantitative estimate of drug-likeness (QED) is 0.692. The van der Waals surface area contributed by atoms with Crippen molar-refractivity contribution < 1.29 is 18.3 Å². The first-order valence-electron chi connectivity index (χ1n) is 3.60. The monoisotopic (exact) mass is 216 g/mol. The molecule has 0 aliphatic rings. The number of aromatic carboxylic acids is 1. The van der Waals surface area contributed by atoms with Crippen LogP contribution >= 0.6 is 0 Å². The first-order chi connectivity index (χ1) is 6.30. The van der Waals surface area contributed by atoms with Crippen LogP contribution in [-0.4, -0.2) is 35.7 Å². The normalized spacial score (nSPS) is 11.3. The highest BCUT2D eigenvalue weighted by Crippen LogP contribution is 2.07. The van der Waals surface area contributed by atoms with Crippen LogP contribution in [0, 0.1) is 6.92 Å². The lowest BCUT2D eigenvalue weighted by atomic mass is 10.4. The van der Waals surface area contributed by atoms with Gasteiger partial charge in [-0.15, -0.1) is 0 Å². The maximum atomic E-state index is 11.1. The zero-order valence-corrected chi connectivity index (χ0v) is 8.37. The molecule has 0 unspecified atom stereocenters. The molecule has 0 radical (unpaired) electrons. The second-order valence-corrected chi connectivity index (χ2v) is 4.71. The van der Waals surface area contributed by atoms with Crippen molar-refractivity contribution in [2.24, 2.45) is 0 Å². The molecular weight excluding hydrogens is 208 g/mol. The van der Waals surface area contributed by atoms with Gasteiger partial charge in [-0.2, -0.15) is 0 Å². The first kappa shape index (κ1) is 10.6. The number of carboxylic acid groups (broad SMARTS) is 1. The van der Waals surface area contributed by atoms with Crippen LogP contribution in [0.3, 0.4) is 0 Å². The van der Waals surface area contributed by atoms with Crippen molar-refractivity contribution in [2.75, 3.05) is 6.26 Å². The van der Waals surface area contributed by atoms with Gasteiger partial charge in [-0.25, -0.2) is 23.2 Å². The molecule has 76 valence electrons. The summed E-state index contributed by atoms with van der Waals surface area (Å²) in [5.41, 5.74) is 0.304. The summed E-state index contributed by atoms with van der Waals surface area (Å²) in [5, 5.41) is 8.30. The zero-order valence-electron chi connectivity index (χ0n) is 7.55. The fraction of sp³-hybridized carbons (Fsp3) is 0.286. The highest BCUT2D eigenvalue weighted by molar-refractivity contribution is 7.90. The Hall–Kier alpha value is -1.50. The van der Waals surface area contributed by atoms with E-state index in [9.17, 15) is 13.2 Å². The summed E-state index contributed by atoms with van der Waals surface area (Å²) in [5.74, 6) is -1.86. The predicted octanol–water partition coefficient (Wildman–Crippen LogP) is -0.113. The number of carboxylic acids is 1. The molecular formula is C7H8N2O4S. The molecule has 0 spiro atoms. The van der Waals surface area contributed by atoms with Gasteiger partial charge in [0.25, 0.3) is 0 Å². The summed E-state index contributed by atoms with van der Waals surface area (Å²) in [7, 11) is -3.50. The van der Waals surface area contributed by atoms with Crippen LogP contribution in [0.4, 0.5) is 0 Å². The van der Waals surface area contributed by atoms with Crippen molar-refractivity contribution >= 4 is 15.8 Å². The molecule has 1 heterocycles. The Kier molecular flexibility index (Phi) is 2.52. The standard InChI is InChI=1S/C7H8N2O4S/c1-4-3-5(14(2,12)13)9-6(8-4)7(10)11/h3H,1-2H3,(H,10,11). The van der Waals surface area contributed by atoms with E-state index in [-0.39, 0.29) is 5.03 Å². The van der Waals surface area contributed by atoms with Gasteiger partial charge in [0.15, 0.2) is 14.9 Å². The third-order valence-electron chi connectivity index (χ3n) is 1.40. The number of sulfone groups is 1. The van der Waals surface area contributed by atoms with Gasteiger partial charge >= 0.3 is 5.97 Å². The Morgan fingerprint density at radius 2 is 2.00 bits per heavy atom. The molecule has 0 saturated carbocycles. The van der Waals surface area contributed by atoms with Crippen LogP contribution in [0.15, 0.2) is 11.1 Å². The molecule has 0 aliphatic heterocycles. The summed E-state index contributed by atoms with van der Waals surface area (Å²) in [6.07, 6.45) is 0.959. The van der Waals surface area contributed by atoms with Crippen LogP contribution < -0.4 is 0 Å². The third kappa shape index (κ3) is 2.25. The lowest BCUT2D eigenvalue weighted by Crippen LogP contribution is -2.10. The molecule has 0 fully saturated rings. The van der Waals surface area contributed by atoms with Gasteiger partial charge in [0.2, 0.25) is 5.82 Å². The summed E-state index contributed by atoms with van der Waals surface area (Å²) in [4.78, 5) is 17.5. The molecule has 7 heteroatoms. The summed E-state index contributed by atoms with van der Waals surface area (Å²) in [6, 6.07) is 1.22. The van der Waals surface area contributed by atoms with Crippen molar-refractivity contribution in [2.45, 2.75) is 11.9 Å². The van der Waals surface area contributed by atoms with Crippen molar-refractivity contribution in [3.63, 3.8) is 0 Å². The minimum Gasteiger partial charge on any atom is -0.475 e. The largest absolute Gasteiger partial charge is 0.475 e. The Morgan fingerprint density at radius 3 is 2.43 bits per heavy atom. The van der Waals surface area contributed by atoms with Crippen molar-refractivity contribution in [3.05, 3.63) is 17.6 Å². The second kappa shape index (κ2) is 3.33. The van der Waals surface area contributed by atoms with Crippen LogP contribution in [0.1, 0.15) is 16.3 Å². The molecule has 1 aromatic rings. The van der Waals surface area contributed by atoms with E-state index in [0.717, 1.165) is 6.26 Å². The first-order valence-corrected chi connectivity index (χ1v) is 5.49. The Morgan fingerprint density at radius 1 is 1.43 bits per heavy atom. The van der Waals surface area contributed by atoms with E-state index in [4.69, 9.17) is 5.11 Å². The van der Waals surface area contributed by atoms with Gasteiger partial charge in [0.1, 0.15) is 0 Å². The number of carbonyl (C=O) groups is 1. The smallest absolute Gasteiger partial charge is 0.373 e. The molecule has 1 N–H and O–H groups in total. The van der Waals surface area contributed by atoms with Crippen molar-refractivity contribution in [1.29, 1.82) is 0 Å². The van der Waals surface area contributed by atoms with Crippen molar-refractivity contribution in [1.82, 2.24) is 9.97 Å². The van der Waals surface area contributed by atoms with E-state index in [1.165, 1.54) is 13.0 Å². The highest BCUT2D eigenvalue weighted by atomic mass is 32.2. The van der Waals surface area contributed by atoms with E-state index in [0.29, 0.717) is 5.69 Å². The minimum atomic E-state index is -3.50. The van der Waals surface area contributed by atoms with Gasteiger partial charge in [-0.3, -0.25) is 0 Å². The fourth-order valence-corrected chi connectivity index (χ4v) is 1.46. The zero-order chi connectivity index (χ0) is 10.9. The molecule has 0 saturated heterocycles. The number of hydrogen-bond acceptors (Lipinski definition) is 5. The van der Waals surface area contributed by atoms with Crippen LogP contribution in [0.2, 0.25) is 0 Å². The van der Waals surface area contributed by atoms with Gasteiger partial charge in [-0.05, 0) is 13.0 Å². The average molecular weight is 216 g/mol. The summed E-state index contributed by atoms with van der Waals surface area (Å²) >= 11 is 0. The third-order valence-corrected chi connectivity index (χ3v) is 2.37. The molecule has 0 aliphatic carbocycles. The van der Waals surface area contributed by atoms with E-state index < -0.39 is 21.6 Å². The van der Waals surface area contributed by atoms with Crippen LogP contribution in [0.25, 0.3) is 0 Å². The molecule has 6 nitrogen and oxygen atoms in total. The van der Waals surface area contributed by atoms with Gasteiger partial charge in [0.05, 0.1) is 0 Å². The van der Waals surface area contributed by atoms with Gasteiger partial charge < -0.3 is 5.11 Å². The Balaban J connectivity index is 3.43. The average Bonchev–Trinajstić information content (AvgIpc) is 2.01. The lowest BCUT2D eigenvalue weighted by Gasteiger charge is -2.00. The molecule has 0 bridgehead atoms. The second-order valence-electron chi connectivity index (χ2n) is 2.75. The van der Waals surface area contributed by atoms with E-state index >= 15 is 0 Å². The van der Waals surface area contributed by atoms with Gasteiger partial charge in [-0.1, -0.05) is 0 Å². The lowest BCUT2D eigenvalue weighted by molar-refractivity contribution is 0.0682. The number of aryl methyl sites for hydroxylation is 1. The predicted molar refractivity (Wildman–Crippen MR) is 46.8 cm³/mol. The van der Waals surface area contributed by atoms with Gasteiger partial charge in [0, 0.05) is 11.9 Å². The highest BCUT2D eigenvalue weighted by Gasteiger charge is 2.15. The molecule has 0 atom stereocenters. The van der Waals surface area contributed by atoms with Crippen LogP contribution in [0.5, 0.6) is 0 Å². The molecule has 14 heavy (non-hydrogen) atoms. The van der Waals surface area contributed by atoms with Crippen LogP contribution in [-0.2, 0) is 9.84 Å². The molecule has 0 aromatic carbocycles. The number of rotatable bonds is 2. The number of hydrogen-bond donors (Lipinski definition) is 1. The Labute approximate surface area is 80.5 Å². The number of aromatic nitrogens is 2. The Bertz CT molecular complexity index is 480. The van der Waals surface area contributed by atoms with E-state index in [1.54, 1.807) is 0 Å². The maximum absolute atomic E-state index is 11.1.